The number of rotatable bonds is 4. The van der Waals surface area contributed by atoms with E-state index in [1.165, 1.54) is 5.56 Å². The third kappa shape index (κ3) is 3.26. The third-order valence-corrected chi connectivity index (χ3v) is 4.67. The highest BCUT2D eigenvalue weighted by molar-refractivity contribution is 6.18. The summed E-state index contributed by atoms with van der Waals surface area (Å²) in [5, 5.41) is 1.11. The normalized spacial score (nSPS) is 15.0. The van der Waals surface area contributed by atoms with Gasteiger partial charge in [-0.2, -0.15) is 0 Å². The molecule has 2 aromatic rings. The van der Waals surface area contributed by atoms with Gasteiger partial charge in [0.05, 0.1) is 7.11 Å². The van der Waals surface area contributed by atoms with Gasteiger partial charge in [-0.15, -0.1) is 11.6 Å². The standard InChI is InChI=1S/C18H22ClN3O2/c1-13-12-16(20-18-14(13)4-3-5-15(18)24-2)21-8-10-22(11-9-21)17(23)6-7-19/h3-5,12H,6-11H2,1-2H3. The molecule has 1 aliphatic heterocycles. The molecule has 128 valence electrons. The Bertz CT molecular complexity index is 742. The number of hydrogen-bond donors (Lipinski definition) is 0. The lowest BCUT2D eigenvalue weighted by molar-refractivity contribution is -0.131. The number of nitrogens with zero attached hydrogens (tertiary/aromatic N) is 3. The minimum absolute atomic E-state index is 0.133. The molecule has 0 spiro atoms. The second kappa shape index (κ2) is 7.26. The predicted octanol–water partition coefficient (Wildman–Crippen LogP) is 2.83. The van der Waals surface area contributed by atoms with E-state index in [0.717, 1.165) is 35.6 Å². The average molecular weight is 348 g/mol. The number of fused-ring (bicyclic) bond motifs is 1. The van der Waals surface area contributed by atoms with Crippen molar-refractivity contribution in [2.75, 3.05) is 44.1 Å². The lowest BCUT2D eigenvalue weighted by Crippen LogP contribution is -2.49. The first-order valence-electron chi connectivity index (χ1n) is 8.17. The van der Waals surface area contributed by atoms with Crippen molar-refractivity contribution >= 4 is 34.2 Å². The quantitative estimate of drug-likeness (QED) is 0.798. The summed E-state index contributed by atoms with van der Waals surface area (Å²) in [7, 11) is 1.67. The summed E-state index contributed by atoms with van der Waals surface area (Å²) in [5.74, 6) is 2.24. The number of hydrogen-bond acceptors (Lipinski definition) is 4. The molecule has 6 heteroatoms. The van der Waals surface area contributed by atoms with E-state index in [1.807, 2.05) is 17.0 Å². The van der Waals surface area contributed by atoms with Gasteiger partial charge in [-0.1, -0.05) is 12.1 Å². The molecule has 24 heavy (non-hydrogen) atoms. The zero-order valence-corrected chi connectivity index (χ0v) is 14.8. The van der Waals surface area contributed by atoms with E-state index in [0.29, 0.717) is 25.4 Å². The van der Waals surface area contributed by atoms with E-state index in [4.69, 9.17) is 21.3 Å². The molecule has 1 aromatic heterocycles. The molecular weight excluding hydrogens is 326 g/mol. The molecule has 5 nitrogen and oxygen atoms in total. The molecule has 0 radical (unpaired) electrons. The zero-order valence-electron chi connectivity index (χ0n) is 14.1. The van der Waals surface area contributed by atoms with Gasteiger partial charge in [0.15, 0.2) is 0 Å². The Labute approximate surface area is 147 Å². The number of halogens is 1. The smallest absolute Gasteiger partial charge is 0.223 e. The number of anilines is 1. The first-order valence-corrected chi connectivity index (χ1v) is 8.70. The highest BCUT2D eigenvalue weighted by Crippen LogP contribution is 2.29. The van der Waals surface area contributed by atoms with Crippen LogP contribution in [0.1, 0.15) is 12.0 Å². The summed E-state index contributed by atoms with van der Waals surface area (Å²) in [6.07, 6.45) is 0.409. The van der Waals surface area contributed by atoms with Crippen LogP contribution in [-0.2, 0) is 4.79 Å². The van der Waals surface area contributed by atoms with Crippen LogP contribution in [0.5, 0.6) is 5.75 Å². The molecule has 0 aliphatic carbocycles. The number of carbonyl (C=O) groups excluding carboxylic acids is 1. The topological polar surface area (TPSA) is 45.7 Å². The van der Waals surface area contributed by atoms with Crippen molar-refractivity contribution in [3.05, 3.63) is 29.8 Å². The lowest BCUT2D eigenvalue weighted by Gasteiger charge is -2.35. The number of aromatic nitrogens is 1. The van der Waals surface area contributed by atoms with Gasteiger partial charge in [0.25, 0.3) is 0 Å². The highest BCUT2D eigenvalue weighted by atomic mass is 35.5. The van der Waals surface area contributed by atoms with Crippen LogP contribution in [0.25, 0.3) is 10.9 Å². The molecule has 1 aliphatic rings. The van der Waals surface area contributed by atoms with Gasteiger partial charge in [0.1, 0.15) is 17.1 Å². The maximum Gasteiger partial charge on any atom is 0.223 e. The van der Waals surface area contributed by atoms with Crippen molar-refractivity contribution in [1.29, 1.82) is 0 Å². The minimum Gasteiger partial charge on any atom is -0.494 e. The number of amides is 1. The lowest BCUT2D eigenvalue weighted by atomic mass is 10.1. The summed E-state index contributed by atoms with van der Waals surface area (Å²) >= 11 is 5.66. The van der Waals surface area contributed by atoms with E-state index in [1.54, 1.807) is 7.11 Å². The molecule has 3 rings (SSSR count). The first-order chi connectivity index (χ1) is 11.6. The van der Waals surface area contributed by atoms with Crippen molar-refractivity contribution in [2.24, 2.45) is 0 Å². The van der Waals surface area contributed by atoms with Gasteiger partial charge in [0.2, 0.25) is 5.91 Å². The molecule has 1 saturated heterocycles. The number of alkyl halides is 1. The van der Waals surface area contributed by atoms with E-state index in [2.05, 4.69) is 24.0 Å². The van der Waals surface area contributed by atoms with Gasteiger partial charge >= 0.3 is 0 Å². The van der Waals surface area contributed by atoms with Crippen molar-refractivity contribution in [3.63, 3.8) is 0 Å². The number of pyridine rings is 1. The van der Waals surface area contributed by atoms with Gasteiger partial charge < -0.3 is 14.5 Å². The van der Waals surface area contributed by atoms with Crippen LogP contribution in [0.2, 0.25) is 0 Å². The van der Waals surface area contributed by atoms with E-state index < -0.39 is 0 Å². The Hall–Kier alpha value is -2.01. The third-order valence-electron chi connectivity index (χ3n) is 4.48. The Morgan fingerprint density at radius 3 is 2.71 bits per heavy atom. The number of piperazine rings is 1. The largest absolute Gasteiger partial charge is 0.494 e. The average Bonchev–Trinajstić information content (AvgIpc) is 2.61. The second-order valence-corrected chi connectivity index (χ2v) is 6.34. The molecule has 1 fully saturated rings. The fraction of sp³-hybridized carbons (Fsp3) is 0.444. The van der Waals surface area contributed by atoms with Gasteiger partial charge in [-0.25, -0.2) is 4.98 Å². The van der Waals surface area contributed by atoms with E-state index in [-0.39, 0.29) is 5.91 Å². The van der Waals surface area contributed by atoms with Crippen molar-refractivity contribution < 1.29 is 9.53 Å². The van der Waals surface area contributed by atoms with Crippen LogP contribution in [0.15, 0.2) is 24.3 Å². The molecule has 0 atom stereocenters. The van der Waals surface area contributed by atoms with Crippen LogP contribution in [0.3, 0.4) is 0 Å². The van der Waals surface area contributed by atoms with Gasteiger partial charge in [-0.3, -0.25) is 4.79 Å². The fourth-order valence-corrected chi connectivity index (χ4v) is 3.29. The van der Waals surface area contributed by atoms with Gasteiger partial charge in [0, 0.05) is 43.9 Å². The summed E-state index contributed by atoms with van der Waals surface area (Å²) < 4.78 is 5.45. The molecule has 0 unspecified atom stereocenters. The van der Waals surface area contributed by atoms with Gasteiger partial charge in [-0.05, 0) is 24.6 Å². The number of carbonyl (C=O) groups is 1. The number of para-hydroxylation sites is 1. The molecular formula is C18H22ClN3O2. The first kappa shape index (κ1) is 16.8. The van der Waals surface area contributed by atoms with Crippen molar-refractivity contribution in [2.45, 2.75) is 13.3 Å². The van der Waals surface area contributed by atoms with Crippen LogP contribution < -0.4 is 9.64 Å². The minimum atomic E-state index is 0.133. The number of aryl methyl sites for hydroxylation is 1. The van der Waals surface area contributed by atoms with E-state index in [9.17, 15) is 4.79 Å². The second-order valence-electron chi connectivity index (χ2n) is 5.96. The molecule has 1 amide bonds. The fourth-order valence-electron chi connectivity index (χ4n) is 3.12. The molecule has 0 N–H and O–H groups in total. The van der Waals surface area contributed by atoms with Crippen LogP contribution in [-0.4, -0.2) is 55.0 Å². The Morgan fingerprint density at radius 1 is 1.29 bits per heavy atom. The monoisotopic (exact) mass is 347 g/mol. The maximum atomic E-state index is 11.9. The number of methoxy groups -OCH3 is 1. The van der Waals surface area contributed by atoms with Crippen LogP contribution in [0.4, 0.5) is 5.82 Å². The van der Waals surface area contributed by atoms with Crippen LogP contribution in [0, 0.1) is 6.92 Å². The summed E-state index contributed by atoms with van der Waals surface area (Å²) in [6.45, 7) is 5.07. The van der Waals surface area contributed by atoms with Crippen LogP contribution >= 0.6 is 11.6 Å². The highest BCUT2D eigenvalue weighted by Gasteiger charge is 2.22. The van der Waals surface area contributed by atoms with Crippen molar-refractivity contribution in [3.8, 4) is 5.75 Å². The Morgan fingerprint density at radius 2 is 2.04 bits per heavy atom. The zero-order chi connectivity index (χ0) is 17.1. The predicted molar refractivity (Wildman–Crippen MR) is 97.2 cm³/mol. The Kier molecular flexibility index (Phi) is 5.09. The summed E-state index contributed by atoms with van der Waals surface area (Å²) in [6, 6.07) is 8.09. The number of benzene rings is 1. The SMILES string of the molecule is COc1cccc2c(C)cc(N3CCN(C(=O)CCCl)CC3)nc12. The maximum absolute atomic E-state index is 11.9. The summed E-state index contributed by atoms with van der Waals surface area (Å²) in [4.78, 5) is 20.9. The van der Waals surface area contributed by atoms with Crippen molar-refractivity contribution in [1.82, 2.24) is 9.88 Å². The molecule has 1 aromatic carbocycles. The molecule has 2 heterocycles. The van der Waals surface area contributed by atoms with E-state index >= 15 is 0 Å². The molecule has 0 bridgehead atoms. The molecule has 0 saturated carbocycles. The number of ether oxygens (including phenoxy) is 1. The Balaban J connectivity index is 1.82. The summed E-state index contributed by atoms with van der Waals surface area (Å²) in [5.41, 5.74) is 2.06.